The van der Waals surface area contributed by atoms with Crippen LogP contribution in [0.15, 0.2) is 22.6 Å². The number of carbonyl (C=O) groups excluding carboxylic acids is 1. The van der Waals surface area contributed by atoms with Gasteiger partial charge < -0.3 is 20.8 Å². The molecule has 6 nitrogen and oxygen atoms in total. The molecular weight excluding hydrogens is 208 g/mol. The summed E-state index contributed by atoms with van der Waals surface area (Å²) in [6.07, 6.45) is 0. The molecule has 0 bridgehead atoms. The number of amides is 1. The van der Waals surface area contributed by atoms with E-state index >= 15 is 0 Å². The van der Waals surface area contributed by atoms with Crippen molar-refractivity contribution in [1.82, 2.24) is 4.98 Å². The third kappa shape index (κ3) is 1.90. The third-order valence-electron chi connectivity index (χ3n) is 2.12. The third-order valence-corrected chi connectivity index (χ3v) is 2.12. The highest BCUT2D eigenvalue weighted by Crippen LogP contribution is 2.22. The summed E-state index contributed by atoms with van der Waals surface area (Å²) in [7, 11) is 1.68. The zero-order chi connectivity index (χ0) is 11.7. The van der Waals surface area contributed by atoms with Crippen LogP contribution in [0.1, 0.15) is 0 Å². The molecule has 2 rings (SSSR count). The first-order valence-electron chi connectivity index (χ1n) is 4.72. The second kappa shape index (κ2) is 3.73. The Morgan fingerprint density at radius 1 is 1.56 bits per heavy atom. The van der Waals surface area contributed by atoms with Crippen molar-refractivity contribution in [2.45, 2.75) is 0 Å². The van der Waals surface area contributed by atoms with E-state index in [9.17, 15) is 4.79 Å². The minimum absolute atomic E-state index is 0.0578. The number of hydrogen-bond donors (Lipinski definition) is 2. The second-order valence-electron chi connectivity index (χ2n) is 3.55. The van der Waals surface area contributed by atoms with Gasteiger partial charge in [0.1, 0.15) is 12.1 Å². The van der Waals surface area contributed by atoms with Gasteiger partial charge in [-0.1, -0.05) is 0 Å². The Balaban J connectivity index is 2.35. The number of nitrogens with two attached hydrogens (primary N) is 2. The quantitative estimate of drug-likeness (QED) is 0.726. The van der Waals surface area contributed by atoms with Gasteiger partial charge in [-0.3, -0.25) is 4.79 Å². The number of primary amides is 1. The molecule has 0 saturated carbocycles. The average Bonchev–Trinajstić information content (AvgIpc) is 2.59. The first kappa shape index (κ1) is 10.3. The van der Waals surface area contributed by atoms with Gasteiger partial charge in [-0.15, -0.1) is 0 Å². The fraction of sp³-hybridized carbons (Fsp3) is 0.200. The van der Waals surface area contributed by atoms with Gasteiger partial charge in [-0.25, -0.2) is 0 Å². The Kier molecular flexibility index (Phi) is 2.40. The number of oxazole rings is 1. The molecule has 1 amide bonds. The molecule has 0 aliphatic heterocycles. The summed E-state index contributed by atoms with van der Waals surface area (Å²) in [4.78, 5) is 16.5. The number of fused-ring (bicyclic) bond motifs is 1. The SMILES string of the molecule is CN(CC(N)=O)c1nc2ccc(N)cc2o1. The minimum Gasteiger partial charge on any atom is -0.423 e. The molecule has 0 radical (unpaired) electrons. The van der Waals surface area contributed by atoms with Crippen LogP contribution in [0.2, 0.25) is 0 Å². The molecule has 6 heteroatoms. The fourth-order valence-electron chi connectivity index (χ4n) is 1.39. The number of rotatable bonds is 3. The van der Waals surface area contributed by atoms with Crippen LogP contribution in [0.5, 0.6) is 0 Å². The van der Waals surface area contributed by atoms with Crippen LogP contribution in [0.4, 0.5) is 11.7 Å². The molecule has 0 atom stereocenters. The maximum atomic E-state index is 10.7. The number of nitrogens with zero attached hydrogens (tertiary/aromatic N) is 2. The van der Waals surface area contributed by atoms with Gasteiger partial charge in [0.05, 0.1) is 0 Å². The summed E-state index contributed by atoms with van der Waals surface area (Å²) < 4.78 is 5.44. The van der Waals surface area contributed by atoms with Gasteiger partial charge in [-0.2, -0.15) is 4.98 Å². The zero-order valence-electron chi connectivity index (χ0n) is 8.80. The smallest absolute Gasteiger partial charge is 0.298 e. The lowest BCUT2D eigenvalue weighted by atomic mass is 10.3. The van der Waals surface area contributed by atoms with E-state index < -0.39 is 5.91 Å². The Labute approximate surface area is 91.8 Å². The fourth-order valence-corrected chi connectivity index (χ4v) is 1.39. The summed E-state index contributed by atoms with van der Waals surface area (Å²) in [5, 5.41) is 0. The summed E-state index contributed by atoms with van der Waals surface area (Å²) in [6, 6.07) is 5.53. The van der Waals surface area contributed by atoms with Crippen LogP contribution >= 0.6 is 0 Å². The second-order valence-corrected chi connectivity index (χ2v) is 3.55. The number of benzene rings is 1. The van der Waals surface area contributed by atoms with Gasteiger partial charge in [0.2, 0.25) is 5.91 Å². The van der Waals surface area contributed by atoms with Crippen LogP contribution in [0.25, 0.3) is 11.1 Å². The van der Waals surface area contributed by atoms with Crippen molar-refractivity contribution in [2.24, 2.45) is 5.73 Å². The first-order valence-corrected chi connectivity index (χ1v) is 4.72. The maximum absolute atomic E-state index is 10.7. The number of likely N-dealkylation sites (N-methyl/N-ethyl adjacent to an activating group) is 1. The van der Waals surface area contributed by atoms with E-state index in [0.717, 1.165) is 0 Å². The standard InChI is InChI=1S/C10H12N4O2/c1-14(5-9(12)15)10-13-7-3-2-6(11)4-8(7)16-10/h2-4H,5,11H2,1H3,(H2,12,15). The number of hydrogen-bond acceptors (Lipinski definition) is 5. The first-order chi connectivity index (χ1) is 7.56. The monoisotopic (exact) mass is 220 g/mol. The predicted molar refractivity (Wildman–Crippen MR) is 60.9 cm³/mol. The van der Waals surface area contributed by atoms with Gasteiger partial charge in [0.15, 0.2) is 5.58 Å². The molecule has 0 unspecified atom stereocenters. The topological polar surface area (TPSA) is 98.4 Å². The van der Waals surface area contributed by atoms with Crippen molar-refractivity contribution in [3.05, 3.63) is 18.2 Å². The minimum atomic E-state index is -0.440. The molecule has 0 spiro atoms. The van der Waals surface area contributed by atoms with Crippen LogP contribution in [-0.4, -0.2) is 24.5 Å². The molecular formula is C10H12N4O2. The molecule has 0 saturated heterocycles. The summed E-state index contributed by atoms with van der Waals surface area (Å²) >= 11 is 0. The van der Waals surface area contributed by atoms with Crippen LogP contribution in [0, 0.1) is 0 Å². The van der Waals surface area contributed by atoms with E-state index in [-0.39, 0.29) is 6.54 Å². The van der Waals surface area contributed by atoms with Crippen molar-refractivity contribution >= 4 is 28.7 Å². The normalized spacial score (nSPS) is 10.6. The Morgan fingerprint density at radius 3 is 3.00 bits per heavy atom. The maximum Gasteiger partial charge on any atom is 0.298 e. The molecule has 0 aliphatic carbocycles. The molecule has 1 aromatic heterocycles. The van der Waals surface area contributed by atoms with Gasteiger partial charge in [-0.05, 0) is 12.1 Å². The van der Waals surface area contributed by atoms with Crippen molar-refractivity contribution < 1.29 is 9.21 Å². The van der Waals surface area contributed by atoms with E-state index in [1.165, 1.54) is 0 Å². The van der Waals surface area contributed by atoms with E-state index in [1.807, 2.05) is 0 Å². The van der Waals surface area contributed by atoms with Gasteiger partial charge in [0.25, 0.3) is 6.01 Å². The van der Waals surface area contributed by atoms with Crippen LogP contribution in [-0.2, 0) is 4.79 Å². The number of anilines is 2. The summed E-state index contributed by atoms with van der Waals surface area (Å²) in [5.74, 6) is -0.440. The molecule has 2 aromatic rings. The highest BCUT2D eigenvalue weighted by Gasteiger charge is 2.11. The van der Waals surface area contributed by atoms with E-state index in [0.29, 0.717) is 22.8 Å². The number of aromatic nitrogens is 1. The Hall–Kier alpha value is -2.24. The van der Waals surface area contributed by atoms with Crippen LogP contribution in [0.3, 0.4) is 0 Å². The largest absolute Gasteiger partial charge is 0.423 e. The van der Waals surface area contributed by atoms with Crippen molar-refractivity contribution in [3.8, 4) is 0 Å². The molecule has 1 aromatic carbocycles. The molecule has 4 N–H and O–H groups in total. The Bertz CT molecular complexity index is 535. The van der Waals surface area contributed by atoms with Crippen molar-refractivity contribution in [1.29, 1.82) is 0 Å². The zero-order valence-corrected chi connectivity index (χ0v) is 8.80. The molecule has 1 heterocycles. The lowest BCUT2D eigenvalue weighted by molar-refractivity contribution is -0.116. The molecule has 0 fully saturated rings. The lowest BCUT2D eigenvalue weighted by Gasteiger charge is -2.10. The predicted octanol–water partition coefficient (Wildman–Crippen LogP) is 0.331. The van der Waals surface area contributed by atoms with E-state index in [2.05, 4.69) is 4.98 Å². The summed E-state index contributed by atoms with van der Waals surface area (Å²) in [5.41, 5.74) is 12.6. The number of carbonyl (C=O) groups is 1. The van der Waals surface area contributed by atoms with Gasteiger partial charge >= 0.3 is 0 Å². The molecule has 16 heavy (non-hydrogen) atoms. The van der Waals surface area contributed by atoms with Crippen molar-refractivity contribution in [2.75, 3.05) is 24.2 Å². The molecule has 84 valence electrons. The highest BCUT2D eigenvalue weighted by atomic mass is 16.4. The van der Waals surface area contributed by atoms with E-state index in [4.69, 9.17) is 15.9 Å². The van der Waals surface area contributed by atoms with Gasteiger partial charge in [0, 0.05) is 18.8 Å². The van der Waals surface area contributed by atoms with E-state index in [1.54, 1.807) is 30.1 Å². The highest BCUT2D eigenvalue weighted by molar-refractivity contribution is 5.81. The summed E-state index contributed by atoms with van der Waals surface area (Å²) in [6.45, 7) is 0.0578. The lowest BCUT2D eigenvalue weighted by Crippen LogP contribution is -2.30. The average molecular weight is 220 g/mol. The Morgan fingerprint density at radius 2 is 2.31 bits per heavy atom. The van der Waals surface area contributed by atoms with Crippen molar-refractivity contribution in [3.63, 3.8) is 0 Å². The molecule has 0 aliphatic rings. The van der Waals surface area contributed by atoms with Crippen LogP contribution < -0.4 is 16.4 Å². The number of nitrogen functional groups attached to an aromatic ring is 1.